The van der Waals surface area contributed by atoms with Crippen LogP contribution in [0.2, 0.25) is 5.02 Å². The van der Waals surface area contributed by atoms with Gasteiger partial charge in [-0.15, -0.1) is 0 Å². The Kier molecular flexibility index (Phi) is 4.68. The molecule has 2 rings (SSSR count). The molecule has 3 N–H and O–H groups in total. The first-order valence-corrected chi connectivity index (χ1v) is 6.65. The summed E-state index contributed by atoms with van der Waals surface area (Å²) in [6.45, 7) is 0.501. The van der Waals surface area contributed by atoms with Gasteiger partial charge >= 0.3 is 0 Å². The number of nitrogens with two attached hydrogens (primary N) is 1. The van der Waals surface area contributed by atoms with Gasteiger partial charge in [-0.3, -0.25) is 4.79 Å². The van der Waals surface area contributed by atoms with Crippen molar-refractivity contribution in [1.82, 2.24) is 4.90 Å². The van der Waals surface area contributed by atoms with Crippen molar-refractivity contribution in [2.75, 3.05) is 13.2 Å². The van der Waals surface area contributed by atoms with Crippen molar-refractivity contribution in [3.63, 3.8) is 0 Å². The Labute approximate surface area is 121 Å². The van der Waals surface area contributed by atoms with E-state index < -0.39 is 0 Å². The molecule has 0 aliphatic carbocycles. The Hall–Kier alpha value is -1.95. The quantitative estimate of drug-likeness (QED) is 0.381. The van der Waals surface area contributed by atoms with Crippen molar-refractivity contribution >= 4 is 23.3 Å². The van der Waals surface area contributed by atoms with Crippen LogP contribution in [0, 0.1) is 0 Å². The highest BCUT2D eigenvalue weighted by Crippen LogP contribution is 2.19. The second-order valence-electron chi connectivity index (χ2n) is 4.51. The standard InChI is InChI=1S/C13H16ClN3O3/c14-9-3-5-10(6-4-9)20-8-12(18)17-7-1-2-11(17)13(15)16-19/h3-6,11,19H,1-2,7-8H2,(H2,15,16). The number of hydrogen-bond acceptors (Lipinski definition) is 4. The number of oxime groups is 1. The molecule has 108 valence electrons. The van der Waals surface area contributed by atoms with Crippen LogP contribution in [0.4, 0.5) is 0 Å². The molecule has 1 unspecified atom stereocenters. The van der Waals surface area contributed by atoms with Crippen LogP contribution in [0.1, 0.15) is 12.8 Å². The van der Waals surface area contributed by atoms with E-state index in [9.17, 15) is 4.79 Å². The van der Waals surface area contributed by atoms with E-state index in [1.54, 1.807) is 29.2 Å². The highest BCUT2D eigenvalue weighted by atomic mass is 35.5. The largest absolute Gasteiger partial charge is 0.484 e. The van der Waals surface area contributed by atoms with Gasteiger partial charge in [0, 0.05) is 11.6 Å². The second kappa shape index (κ2) is 6.47. The molecule has 1 atom stereocenters. The number of hydrogen-bond donors (Lipinski definition) is 2. The summed E-state index contributed by atoms with van der Waals surface area (Å²) in [6, 6.07) is 6.43. The van der Waals surface area contributed by atoms with Gasteiger partial charge in [0.15, 0.2) is 12.4 Å². The van der Waals surface area contributed by atoms with Crippen LogP contribution in [0.25, 0.3) is 0 Å². The normalized spacial score (nSPS) is 19.1. The van der Waals surface area contributed by atoms with Crippen LogP contribution in [0.3, 0.4) is 0 Å². The van der Waals surface area contributed by atoms with Crippen molar-refractivity contribution in [2.24, 2.45) is 10.9 Å². The van der Waals surface area contributed by atoms with E-state index in [4.69, 9.17) is 27.3 Å². The average molecular weight is 298 g/mol. The highest BCUT2D eigenvalue weighted by Gasteiger charge is 2.31. The van der Waals surface area contributed by atoms with Crippen molar-refractivity contribution in [3.8, 4) is 5.75 Å². The zero-order valence-corrected chi connectivity index (χ0v) is 11.6. The number of carbonyl (C=O) groups is 1. The Morgan fingerprint density at radius 3 is 2.85 bits per heavy atom. The molecule has 1 aromatic rings. The summed E-state index contributed by atoms with van der Waals surface area (Å²) in [5, 5.41) is 12.3. The van der Waals surface area contributed by atoms with Gasteiger partial charge in [-0.05, 0) is 37.1 Å². The van der Waals surface area contributed by atoms with Gasteiger partial charge < -0.3 is 20.6 Å². The summed E-state index contributed by atoms with van der Waals surface area (Å²) in [4.78, 5) is 13.7. The van der Waals surface area contributed by atoms with Crippen molar-refractivity contribution < 1.29 is 14.7 Å². The fourth-order valence-corrected chi connectivity index (χ4v) is 2.32. The molecule has 0 aromatic heterocycles. The molecule has 1 saturated heterocycles. The molecule has 1 aliphatic heterocycles. The number of carbonyl (C=O) groups excluding carboxylic acids is 1. The predicted octanol–water partition coefficient (Wildman–Crippen LogP) is 1.46. The Morgan fingerprint density at radius 1 is 1.50 bits per heavy atom. The summed E-state index contributed by atoms with van der Waals surface area (Å²) in [6.07, 6.45) is 1.52. The lowest BCUT2D eigenvalue weighted by molar-refractivity contribution is -0.133. The molecule has 7 heteroatoms. The van der Waals surface area contributed by atoms with Gasteiger partial charge in [0.2, 0.25) is 0 Å². The topological polar surface area (TPSA) is 88.2 Å². The number of rotatable bonds is 4. The van der Waals surface area contributed by atoms with E-state index in [1.807, 2.05) is 0 Å². The molecule has 6 nitrogen and oxygen atoms in total. The number of halogens is 1. The predicted molar refractivity (Wildman–Crippen MR) is 75.1 cm³/mol. The monoisotopic (exact) mass is 297 g/mol. The van der Waals surface area contributed by atoms with Gasteiger partial charge in [-0.25, -0.2) is 0 Å². The fraction of sp³-hybridized carbons (Fsp3) is 0.385. The lowest BCUT2D eigenvalue weighted by Crippen LogP contribution is -2.45. The molecule has 20 heavy (non-hydrogen) atoms. The minimum atomic E-state index is -0.346. The highest BCUT2D eigenvalue weighted by molar-refractivity contribution is 6.30. The van der Waals surface area contributed by atoms with Crippen LogP contribution >= 0.6 is 11.6 Å². The van der Waals surface area contributed by atoms with Crippen LogP contribution < -0.4 is 10.5 Å². The average Bonchev–Trinajstić information content (AvgIpc) is 2.95. The van der Waals surface area contributed by atoms with Crippen LogP contribution in [-0.4, -0.2) is 41.0 Å². The SMILES string of the molecule is NC(=NO)C1CCCN1C(=O)COc1ccc(Cl)cc1. The summed E-state index contributed by atoms with van der Waals surface area (Å²) in [7, 11) is 0. The minimum absolute atomic E-state index is 0.0577. The maximum Gasteiger partial charge on any atom is 0.261 e. The van der Waals surface area contributed by atoms with E-state index in [1.165, 1.54) is 0 Å². The van der Waals surface area contributed by atoms with E-state index in [0.29, 0.717) is 23.7 Å². The fourth-order valence-electron chi connectivity index (χ4n) is 2.20. The van der Waals surface area contributed by atoms with E-state index in [-0.39, 0.29) is 24.4 Å². The lowest BCUT2D eigenvalue weighted by atomic mass is 10.2. The first-order chi connectivity index (χ1) is 9.61. The first-order valence-electron chi connectivity index (χ1n) is 6.27. The zero-order valence-electron chi connectivity index (χ0n) is 10.8. The van der Waals surface area contributed by atoms with Crippen LogP contribution in [-0.2, 0) is 4.79 Å². The van der Waals surface area contributed by atoms with Crippen molar-refractivity contribution in [2.45, 2.75) is 18.9 Å². The van der Waals surface area contributed by atoms with E-state index >= 15 is 0 Å². The Bertz CT molecular complexity index is 504. The number of amidine groups is 1. The summed E-state index contributed by atoms with van der Waals surface area (Å²) in [5.41, 5.74) is 5.58. The third kappa shape index (κ3) is 3.33. The molecule has 0 radical (unpaired) electrons. The first kappa shape index (κ1) is 14.5. The van der Waals surface area contributed by atoms with Gasteiger partial charge in [-0.2, -0.15) is 0 Å². The molecular formula is C13H16ClN3O3. The van der Waals surface area contributed by atoms with Gasteiger partial charge in [0.1, 0.15) is 5.75 Å². The van der Waals surface area contributed by atoms with Crippen LogP contribution in [0.5, 0.6) is 5.75 Å². The second-order valence-corrected chi connectivity index (χ2v) is 4.95. The molecule has 0 saturated carbocycles. The molecule has 0 spiro atoms. The molecule has 1 aliphatic rings. The van der Waals surface area contributed by atoms with Gasteiger partial charge in [0.05, 0.1) is 6.04 Å². The smallest absolute Gasteiger partial charge is 0.261 e. The number of likely N-dealkylation sites (tertiary alicyclic amines) is 1. The van der Waals surface area contributed by atoms with Crippen molar-refractivity contribution in [1.29, 1.82) is 0 Å². The Balaban J connectivity index is 1.93. The minimum Gasteiger partial charge on any atom is -0.484 e. The number of amides is 1. The molecule has 0 bridgehead atoms. The van der Waals surface area contributed by atoms with E-state index in [0.717, 1.165) is 6.42 Å². The number of ether oxygens (including phenoxy) is 1. The third-order valence-electron chi connectivity index (χ3n) is 3.21. The number of benzene rings is 1. The Morgan fingerprint density at radius 2 is 2.20 bits per heavy atom. The lowest BCUT2D eigenvalue weighted by Gasteiger charge is -2.23. The number of nitrogens with zero attached hydrogens (tertiary/aromatic N) is 2. The summed E-state index contributed by atoms with van der Waals surface area (Å²) >= 11 is 5.77. The molecular weight excluding hydrogens is 282 g/mol. The van der Waals surface area contributed by atoms with Crippen LogP contribution in [0.15, 0.2) is 29.4 Å². The maximum atomic E-state index is 12.1. The van der Waals surface area contributed by atoms with Crippen molar-refractivity contribution in [3.05, 3.63) is 29.3 Å². The molecule has 1 heterocycles. The third-order valence-corrected chi connectivity index (χ3v) is 3.46. The molecule has 1 fully saturated rings. The van der Waals surface area contributed by atoms with E-state index in [2.05, 4.69) is 5.16 Å². The van der Waals surface area contributed by atoms with Gasteiger partial charge in [0.25, 0.3) is 5.91 Å². The zero-order chi connectivity index (χ0) is 14.5. The summed E-state index contributed by atoms with van der Waals surface area (Å²) in [5.74, 6) is 0.443. The molecule has 1 aromatic carbocycles. The maximum absolute atomic E-state index is 12.1. The molecule has 1 amide bonds. The summed E-state index contributed by atoms with van der Waals surface area (Å²) < 4.78 is 5.40. The van der Waals surface area contributed by atoms with Gasteiger partial charge in [-0.1, -0.05) is 16.8 Å².